The fourth-order valence-corrected chi connectivity index (χ4v) is 3.13. The molecule has 1 saturated heterocycles. The number of nitrogens with zero attached hydrogens (tertiary/aromatic N) is 3. The topological polar surface area (TPSA) is 93.4 Å². The van der Waals surface area contributed by atoms with Crippen LogP contribution in [0.15, 0.2) is 46.1 Å². The van der Waals surface area contributed by atoms with Crippen molar-refractivity contribution in [1.82, 2.24) is 9.13 Å². The first kappa shape index (κ1) is 19.3. The molecule has 1 fully saturated rings. The smallest absolute Gasteiger partial charge is 0.322 e. The van der Waals surface area contributed by atoms with Crippen molar-refractivity contribution < 1.29 is 9.59 Å². The summed E-state index contributed by atoms with van der Waals surface area (Å²) in [5, 5.41) is 2.73. The Bertz CT molecular complexity index is 1060. The van der Waals surface area contributed by atoms with E-state index in [1.54, 1.807) is 23.1 Å². The molecule has 0 bridgehead atoms. The number of hydrogen-bond donors (Lipinski definition) is 1. The first-order valence-electron chi connectivity index (χ1n) is 9.03. The van der Waals surface area contributed by atoms with Gasteiger partial charge in [0.25, 0.3) is 5.56 Å². The van der Waals surface area contributed by atoms with Crippen molar-refractivity contribution >= 4 is 29.3 Å². The van der Waals surface area contributed by atoms with Crippen molar-refractivity contribution in [3.63, 3.8) is 0 Å². The average molecular weight is 382 g/mol. The van der Waals surface area contributed by atoms with Gasteiger partial charge in [0, 0.05) is 50.7 Å². The van der Waals surface area contributed by atoms with Crippen LogP contribution < -0.4 is 21.5 Å². The van der Waals surface area contributed by atoms with Crippen LogP contribution >= 0.6 is 0 Å². The minimum absolute atomic E-state index is 0.0835. The van der Waals surface area contributed by atoms with Gasteiger partial charge in [0.05, 0.1) is 5.56 Å². The number of amides is 2. The van der Waals surface area contributed by atoms with Gasteiger partial charge < -0.3 is 14.8 Å². The summed E-state index contributed by atoms with van der Waals surface area (Å²) in [6, 6.07) is 7.09. The van der Waals surface area contributed by atoms with E-state index in [0.717, 1.165) is 23.1 Å². The molecule has 0 spiro atoms. The molecule has 1 aliphatic heterocycles. The minimum atomic E-state index is -0.474. The summed E-state index contributed by atoms with van der Waals surface area (Å²) in [5.74, 6) is -0.335. The van der Waals surface area contributed by atoms with Gasteiger partial charge in [-0.15, -0.1) is 0 Å². The highest BCUT2D eigenvalue weighted by molar-refractivity contribution is 6.02. The lowest BCUT2D eigenvalue weighted by molar-refractivity contribution is -0.119. The highest BCUT2D eigenvalue weighted by Crippen LogP contribution is 2.23. The predicted octanol–water partition coefficient (Wildman–Crippen LogP) is 1.25. The van der Waals surface area contributed by atoms with Gasteiger partial charge in [0.2, 0.25) is 11.8 Å². The molecule has 1 aromatic carbocycles. The molecule has 0 aliphatic carbocycles. The Morgan fingerprint density at radius 3 is 2.68 bits per heavy atom. The molecule has 0 unspecified atom stereocenters. The van der Waals surface area contributed by atoms with Crippen LogP contribution in [-0.4, -0.2) is 27.5 Å². The van der Waals surface area contributed by atoms with E-state index in [1.165, 1.54) is 37.0 Å². The Morgan fingerprint density at radius 1 is 1.14 bits per heavy atom. The molecule has 2 heterocycles. The van der Waals surface area contributed by atoms with Crippen LogP contribution in [0.5, 0.6) is 0 Å². The van der Waals surface area contributed by atoms with Crippen LogP contribution in [-0.2, 0) is 23.7 Å². The lowest BCUT2D eigenvalue weighted by Gasteiger charge is -2.27. The number of aromatic nitrogens is 2. The minimum Gasteiger partial charge on any atom is -0.322 e. The maximum atomic E-state index is 12.2. The van der Waals surface area contributed by atoms with E-state index in [-0.39, 0.29) is 11.5 Å². The van der Waals surface area contributed by atoms with Crippen LogP contribution in [0.3, 0.4) is 0 Å². The Labute approximate surface area is 161 Å². The number of rotatable bonds is 4. The van der Waals surface area contributed by atoms with Gasteiger partial charge in [-0.05, 0) is 37.1 Å². The van der Waals surface area contributed by atoms with Crippen LogP contribution in [0, 0.1) is 0 Å². The van der Waals surface area contributed by atoms with E-state index in [1.807, 2.05) is 6.07 Å². The molecule has 8 nitrogen and oxygen atoms in total. The van der Waals surface area contributed by atoms with Gasteiger partial charge in [0.15, 0.2) is 0 Å². The second-order valence-corrected chi connectivity index (χ2v) is 6.72. The van der Waals surface area contributed by atoms with E-state index in [9.17, 15) is 19.2 Å². The maximum Gasteiger partial charge on any atom is 0.330 e. The molecule has 1 aromatic heterocycles. The first-order chi connectivity index (χ1) is 13.4. The largest absolute Gasteiger partial charge is 0.330 e. The van der Waals surface area contributed by atoms with Gasteiger partial charge in [0.1, 0.15) is 0 Å². The average Bonchev–Trinajstić information content (AvgIpc) is 2.68. The monoisotopic (exact) mass is 382 g/mol. The summed E-state index contributed by atoms with van der Waals surface area (Å²) >= 11 is 0. The zero-order chi connectivity index (χ0) is 20.3. The number of carbonyl (C=O) groups is 2. The molecule has 1 aliphatic rings. The summed E-state index contributed by atoms with van der Waals surface area (Å²) in [6.07, 6.45) is 6.39. The van der Waals surface area contributed by atoms with Crippen molar-refractivity contribution in [1.29, 1.82) is 0 Å². The molecule has 8 heteroatoms. The summed E-state index contributed by atoms with van der Waals surface area (Å²) < 4.78 is 2.26. The third-order valence-corrected chi connectivity index (χ3v) is 4.64. The lowest BCUT2D eigenvalue weighted by Crippen LogP contribution is -2.37. The van der Waals surface area contributed by atoms with Crippen LogP contribution in [0.2, 0.25) is 0 Å². The second kappa shape index (κ2) is 8.08. The van der Waals surface area contributed by atoms with Gasteiger partial charge in [-0.3, -0.25) is 19.0 Å². The normalized spacial score (nSPS) is 14.5. The zero-order valence-electron chi connectivity index (χ0n) is 15.8. The molecule has 2 aromatic rings. The van der Waals surface area contributed by atoms with E-state index in [0.29, 0.717) is 18.7 Å². The maximum absolute atomic E-state index is 12.2. The van der Waals surface area contributed by atoms with E-state index in [4.69, 9.17) is 0 Å². The molecule has 146 valence electrons. The Morgan fingerprint density at radius 2 is 1.93 bits per heavy atom. The van der Waals surface area contributed by atoms with Gasteiger partial charge in [-0.2, -0.15) is 0 Å². The second-order valence-electron chi connectivity index (χ2n) is 6.72. The van der Waals surface area contributed by atoms with Crippen LogP contribution in [0.25, 0.3) is 6.08 Å². The standard InChI is InChI=1S/C20H22N4O4/c1-22-13-14(19(27)23(2)20(22)28)9-10-17(25)21-15-6-5-7-16(12-15)24-11-4-3-8-18(24)26/h5-7,9-10,12-13H,3-4,8,11H2,1-2H3,(H,21,25)/b10-9+. The summed E-state index contributed by atoms with van der Waals surface area (Å²) in [5.41, 5.74) is 0.623. The van der Waals surface area contributed by atoms with Gasteiger partial charge >= 0.3 is 5.69 Å². The fourth-order valence-electron chi connectivity index (χ4n) is 3.13. The van der Waals surface area contributed by atoms with Crippen molar-refractivity contribution in [2.75, 3.05) is 16.8 Å². The van der Waals surface area contributed by atoms with E-state index >= 15 is 0 Å². The zero-order valence-corrected chi connectivity index (χ0v) is 15.8. The molecule has 2 amide bonds. The predicted molar refractivity (Wildman–Crippen MR) is 107 cm³/mol. The molecular formula is C20H22N4O4. The van der Waals surface area contributed by atoms with Crippen LogP contribution in [0.4, 0.5) is 11.4 Å². The molecule has 28 heavy (non-hydrogen) atoms. The molecular weight excluding hydrogens is 360 g/mol. The van der Waals surface area contributed by atoms with Crippen molar-refractivity contribution in [3.8, 4) is 0 Å². The Balaban J connectivity index is 1.74. The Hall–Kier alpha value is -3.42. The highest BCUT2D eigenvalue weighted by Gasteiger charge is 2.19. The van der Waals surface area contributed by atoms with Crippen molar-refractivity contribution in [2.45, 2.75) is 19.3 Å². The third-order valence-electron chi connectivity index (χ3n) is 4.64. The molecule has 0 atom stereocenters. The van der Waals surface area contributed by atoms with E-state index in [2.05, 4.69) is 5.32 Å². The first-order valence-corrected chi connectivity index (χ1v) is 9.03. The quantitative estimate of drug-likeness (QED) is 0.806. The number of benzene rings is 1. The van der Waals surface area contributed by atoms with Crippen molar-refractivity contribution in [3.05, 3.63) is 62.9 Å². The fraction of sp³-hybridized carbons (Fsp3) is 0.300. The Kier molecular flexibility index (Phi) is 5.58. The molecule has 0 radical (unpaired) electrons. The van der Waals surface area contributed by atoms with Gasteiger partial charge in [-0.1, -0.05) is 6.07 Å². The highest BCUT2D eigenvalue weighted by atomic mass is 16.2. The van der Waals surface area contributed by atoms with E-state index < -0.39 is 17.2 Å². The summed E-state index contributed by atoms with van der Waals surface area (Å²) in [6.45, 7) is 0.673. The third kappa shape index (κ3) is 4.11. The van der Waals surface area contributed by atoms with Crippen molar-refractivity contribution in [2.24, 2.45) is 14.1 Å². The SMILES string of the molecule is Cn1cc(/C=C/C(=O)Nc2cccc(N3CCCCC3=O)c2)c(=O)n(C)c1=O. The number of carbonyl (C=O) groups excluding carboxylic acids is 2. The molecule has 1 N–H and O–H groups in total. The number of aryl methyl sites for hydroxylation is 1. The molecule has 0 saturated carbocycles. The number of anilines is 2. The van der Waals surface area contributed by atoms with Crippen LogP contribution in [0.1, 0.15) is 24.8 Å². The summed E-state index contributed by atoms with van der Waals surface area (Å²) in [7, 11) is 2.92. The number of piperidine rings is 1. The lowest BCUT2D eigenvalue weighted by atomic mass is 10.1. The van der Waals surface area contributed by atoms with Gasteiger partial charge in [-0.25, -0.2) is 4.79 Å². The summed E-state index contributed by atoms with van der Waals surface area (Å²) in [4.78, 5) is 49.8. The molecule has 3 rings (SSSR count). The number of nitrogens with one attached hydrogen (secondary N) is 1. The number of hydrogen-bond acceptors (Lipinski definition) is 4.